The number of amides is 1. The van der Waals surface area contributed by atoms with Crippen LogP contribution in [0.1, 0.15) is 11.3 Å². The molecule has 0 bridgehead atoms. The van der Waals surface area contributed by atoms with E-state index in [0.29, 0.717) is 32.8 Å². The van der Waals surface area contributed by atoms with Gasteiger partial charge >= 0.3 is 0 Å². The highest BCUT2D eigenvalue weighted by atomic mass is 35.5. The summed E-state index contributed by atoms with van der Waals surface area (Å²) in [6.45, 7) is 1.93. The lowest BCUT2D eigenvalue weighted by molar-refractivity contribution is -0.384. The SMILES string of the molecule is COc1ccc(-c2ccc(/C=C3\SC(Nc4ccc(Cl)cc4C)NC3=O)o2)c([N+](=O)[O-])c1. The van der Waals surface area contributed by atoms with E-state index in [-0.39, 0.29) is 17.1 Å². The normalized spacial score (nSPS) is 16.8. The van der Waals surface area contributed by atoms with Crippen LogP contribution >= 0.6 is 23.4 Å². The number of carbonyl (C=O) groups excluding carboxylic acids is 1. The van der Waals surface area contributed by atoms with Crippen molar-refractivity contribution in [2.24, 2.45) is 0 Å². The van der Waals surface area contributed by atoms with Crippen LogP contribution in [-0.2, 0) is 4.79 Å². The summed E-state index contributed by atoms with van der Waals surface area (Å²) in [7, 11) is 1.44. The first kappa shape index (κ1) is 21.8. The Balaban J connectivity index is 1.53. The minimum absolute atomic E-state index is 0.131. The van der Waals surface area contributed by atoms with Crippen LogP contribution in [0, 0.1) is 17.0 Å². The fourth-order valence-electron chi connectivity index (χ4n) is 3.20. The largest absolute Gasteiger partial charge is 0.497 e. The van der Waals surface area contributed by atoms with Gasteiger partial charge in [0, 0.05) is 16.8 Å². The highest BCUT2D eigenvalue weighted by Crippen LogP contribution is 2.36. The van der Waals surface area contributed by atoms with E-state index in [4.69, 9.17) is 20.8 Å². The van der Waals surface area contributed by atoms with Crippen LogP contribution in [0.4, 0.5) is 11.4 Å². The quantitative estimate of drug-likeness (QED) is 0.280. The topological polar surface area (TPSA) is 107 Å². The van der Waals surface area contributed by atoms with E-state index < -0.39 is 4.92 Å². The van der Waals surface area contributed by atoms with E-state index in [2.05, 4.69) is 10.6 Å². The number of methoxy groups -OCH3 is 1. The van der Waals surface area contributed by atoms with Crippen molar-refractivity contribution in [2.75, 3.05) is 12.4 Å². The number of hydrogen-bond donors (Lipinski definition) is 2. The molecule has 0 saturated carbocycles. The van der Waals surface area contributed by atoms with Crippen molar-refractivity contribution in [2.45, 2.75) is 12.4 Å². The number of halogens is 1. The first-order valence-corrected chi connectivity index (χ1v) is 10.7. The summed E-state index contributed by atoms with van der Waals surface area (Å²) in [5.74, 6) is 0.863. The molecular weight excluding hydrogens is 454 g/mol. The lowest BCUT2D eigenvalue weighted by atomic mass is 10.1. The van der Waals surface area contributed by atoms with Gasteiger partial charge in [-0.3, -0.25) is 14.9 Å². The summed E-state index contributed by atoms with van der Waals surface area (Å²) >= 11 is 7.30. The molecule has 10 heteroatoms. The molecule has 1 aromatic heterocycles. The Morgan fingerprint density at radius 1 is 1.25 bits per heavy atom. The number of nitrogens with zero attached hydrogens (tertiary/aromatic N) is 1. The maximum Gasteiger partial charge on any atom is 0.284 e. The number of anilines is 1. The average Bonchev–Trinajstić information content (AvgIpc) is 3.36. The Kier molecular flexibility index (Phi) is 6.11. The molecule has 164 valence electrons. The minimum atomic E-state index is -0.492. The highest BCUT2D eigenvalue weighted by Gasteiger charge is 2.28. The molecule has 1 aliphatic heterocycles. The number of nitrogens with one attached hydrogen (secondary N) is 2. The number of ether oxygens (including phenoxy) is 1. The monoisotopic (exact) mass is 471 g/mol. The predicted octanol–water partition coefficient (Wildman–Crippen LogP) is 5.42. The number of hydrogen-bond acceptors (Lipinski definition) is 7. The Morgan fingerprint density at radius 2 is 2.06 bits per heavy atom. The molecule has 0 aliphatic carbocycles. The van der Waals surface area contributed by atoms with Crippen molar-refractivity contribution in [3.63, 3.8) is 0 Å². The third-order valence-electron chi connectivity index (χ3n) is 4.77. The lowest BCUT2D eigenvalue weighted by Gasteiger charge is -2.14. The molecule has 2 aromatic carbocycles. The van der Waals surface area contributed by atoms with Crippen LogP contribution in [0.2, 0.25) is 5.02 Å². The maximum atomic E-state index is 12.4. The van der Waals surface area contributed by atoms with E-state index in [0.717, 1.165) is 11.3 Å². The molecule has 1 fully saturated rings. The standard InChI is InChI=1S/C22H18ClN3O5S/c1-12-9-13(23)3-7-17(12)24-22-25-21(27)20(32-22)11-15-5-8-19(31-15)16-6-4-14(30-2)10-18(16)26(28)29/h3-11,22,24H,1-2H3,(H,25,27)/b20-11-. The molecule has 0 spiro atoms. The smallest absolute Gasteiger partial charge is 0.284 e. The Hall–Kier alpha value is -3.43. The molecule has 4 rings (SSSR count). The van der Waals surface area contributed by atoms with Gasteiger partial charge in [0.15, 0.2) is 5.50 Å². The third-order valence-corrected chi connectivity index (χ3v) is 6.04. The van der Waals surface area contributed by atoms with Gasteiger partial charge in [-0.1, -0.05) is 23.4 Å². The van der Waals surface area contributed by atoms with Crippen molar-refractivity contribution in [3.8, 4) is 17.1 Å². The summed E-state index contributed by atoms with van der Waals surface area (Å²) in [6, 6.07) is 13.3. The number of aryl methyl sites for hydroxylation is 1. The fraction of sp³-hybridized carbons (Fsp3) is 0.136. The van der Waals surface area contributed by atoms with Gasteiger partial charge in [-0.05, 0) is 55.0 Å². The Bertz CT molecular complexity index is 1240. The number of carbonyl (C=O) groups is 1. The average molecular weight is 472 g/mol. The lowest BCUT2D eigenvalue weighted by Crippen LogP contribution is -2.31. The minimum Gasteiger partial charge on any atom is -0.497 e. The van der Waals surface area contributed by atoms with Crippen molar-refractivity contribution in [3.05, 3.63) is 79.9 Å². The Morgan fingerprint density at radius 3 is 2.78 bits per heavy atom. The molecule has 1 unspecified atom stereocenters. The van der Waals surface area contributed by atoms with Gasteiger partial charge in [-0.25, -0.2) is 0 Å². The second-order valence-corrected chi connectivity index (χ2v) is 8.51. The van der Waals surface area contributed by atoms with Gasteiger partial charge in [-0.15, -0.1) is 0 Å². The number of furan rings is 1. The number of thioether (sulfide) groups is 1. The zero-order valence-corrected chi connectivity index (χ0v) is 18.6. The molecule has 1 aliphatic rings. The predicted molar refractivity (Wildman–Crippen MR) is 125 cm³/mol. The second kappa shape index (κ2) is 8.97. The molecule has 1 amide bonds. The van der Waals surface area contributed by atoms with Crippen LogP contribution < -0.4 is 15.4 Å². The maximum absolute atomic E-state index is 12.4. The fourth-order valence-corrected chi connectivity index (χ4v) is 4.38. The van der Waals surface area contributed by atoms with Crippen LogP contribution in [0.3, 0.4) is 0 Å². The Labute approximate surface area is 192 Å². The molecule has 2 N–H and O–H groups in total. The van der Waals surface area contributed by atoms with Crippen molar-refractivity contribution in [1.82, 2.24) is 5.32 Å². The number of nitro benzene ring substituents is 1. The van der Waals surface area contributed by atoms with E-state index in [1.807, 2.05) is 19.1 Å². The molecule has 2 heterocycles. The first-order valence-electron chi connectivity index (χ1n) is 9.48. The summed E-state index contributed by atoms with van der Waals surface area (Å²) in [5, 5.41) is 18.2. The van der Waals surface area contributed by atoms with Crippen molar-refractivity contribution >= 4 is 46.7 Å². The molecule has 1 atom stereocenters. The van der Waals surface area contributed by atoms with Gasteiger partial charge in [0.25, 0.3) is 11.6 Å². The van der Waals surface area contributed by atoms with Gasteiger partial charge in [0.2, 0.25) is 0 Å². The summed E-state index contributed by atoms with van der Waals surface area (Å²) < 4.78 is 10.8. The van der Waals surface area contributed by atoms with Crippen LogP contribution in [0.5, 0.6) is 5.75 Å². The van der Waals surface area contributed by atoms with Gasteiger partial charge in [0.05, 0.1) is 28.6 Å². The molecular formula is C22H18ClN3O5S. The third kappa shape index (κ3) is 4.58. The highest BCUT2D eigenvalue weighted by molar-refractivity contribution is 8.05. The van der Waals surface area contributed by atoms with Gasteiger partial charge in [0.1, 0.15) is 17.3 Å². The van der Waals surface area contributed by atoms with Crippen molar-refractivity contribution in [1.29, 1.82) is 0 Å². The van der Waals surface area contributed by atoms with E-state index in [9.17, 15) is 14.9 Å². The number of nitro groups is 1. The van der Waals surface area contributed by atoms with E-state index >= 15 is 0 Å². The first-order chi connectivity index (χ1) is 15.3. The van der Waals surface area contributed by atoms with E-state index in [1.165, 1.54) is 24.9 Å². The van der Waals surface area contributed by atoms with Gasteiger partial charge < -0.3 is 19.8 Å². The zero-order chi connectivity index (χ0) is 22.8. The number of benzene rings is 2. The van der Waals surface area contributed by atoms with Crippen LogP contribution in [0.15, 0.2) is 57.9 Å². The van der Waals surface area contributed by atoms with Gasteiger partial charge in [-0.2, -0.15) is 0 Å². The molecule has 3 aromatic rings. The van der Waals surface area contributed by atoms with Crippen LogP contribution in [-0.4, -0.2) is 23.4 Å². The molecule has 32 heavy (non-hydrogen) atoms. The summed E-state index contributed by atoms with van der Waals surface area (Å²) in [6.07, 6.45) is 1.61. The van der Waals surface area contributed by atoms with E-state index in [1.54, 1.807) is 36.4 Å². The second-order valence-electron chi connectivity index (χ2n) is 6.93. The summed E-state index contributed by atoms with van der Waals surface area (Å²) in [5.41, 5.74) is 1.66. The molecule has 1 saturated heterocycles. The molecule has 0 radical (unpaired) electrons. The van der Waals surface area contributed by atoms with Crippen LogP contribution in [0.25, 0.3) is 17.4 Å². The summed E-state index contributed by atoms with van der Waals surface area (Å²) in [4.78, 5) is 23.8. The zero-order valence-electron chi connectivity index (χ0n) is 17.0. The number of rotatable bonds is 6. The molecule has 8 nitrogen and oxygen atoms in total. The van der Waals surface area contributed by atoms with Crippen molar-refractivity contribution < 1.29 is 18.9 Å².